The number of rotatable bonds is 8. The van der Waals surface area contributed by atoms with E-state index in [4.69, 9.17) is 27.9 Å². The smallest absolute Gasteiger partial charge is 0.329 e. The fourth-order valence-corrected chi connectivity index (χ4v) is 4.28. The summed E-state index contributed by atoms with van der Waals surface area (Å²) in [5, 5.41) is 0.116. The summed E-state index contributed by atoms with van der Waals surface area (Å²) >= 11 is 11.9. The number of amides is 2. The number of fused-ring (bicyclic) bond motifs is 1. The summed E-state index contributed by atoms with van der Waals surface area (Å²) in [4.78, 5) is 50.8. The van der Waals surface area contributed by atoms with Gasteiger partial charge in [-0.05, 0) is 31.0 Å². The molecule has 1 unspecified atom stereocenters. The molecule has 11 heteroatoms. The lowest BCUT2D eigenvalue weighted by molar-refractivity contribution is -0.149. The Balaban J connectivity index is 1.85. The molecule has 2 aromatic carbocycles. The van der Waals surface area contributed by atoms with Gasteiger partial charge in [0.05, 0.1) is 26.9 Å². The number of carbonyl (C=O) groups is 4. The Morgan fingerprint density at radius 3 is 1.97 bits per heavy atom. The van der Waals surface area contributed by atoms with Crippen LogP contribution in [0.1, 0.15) is 50.0 Å². The zero-order chi connectivity index (χ0) is 24.5. The summed E-state index contributed by atoms with van der Waals surface area (Å²) in [6, 6.07) is 7.34. The molecule has 0 fully saturated rings. The summed E-state index contributed by atoms with van der Waals surface area (Å²) in [7, 11) is -3.51. The van der Waals surface area contributed by atoms with Crippen LogP contribution >= 0.6 is 23.2 Å². The van der Waals surface area contributed by atoms with Crippen LogP contribution in [0, 0.1) is 0 Å². The standard InChI is InChI=1S/C22H19Cl2NO7S/c1-12(26)14-5-3-13(4-6-14)11-32-22(29)19(7-8-33(2,30)31)25-20(27)15-9-17(23)18(24)10-16(15)21(25)28/h3-6,9-10,19H,7-8,11H2,1-2H3. The van der Waals surface area contributed by atoms with Gasteiger partial charge in [0.2, 0.25) is 0 Å². The maximum atomic E-state index is 12.9. The molecule has 1 aliphatic heterocycles. The molecule has 2 amide bonds. The summed E-state index contributed by atoms with van der Waals surface area (Å²) in [6.07, 6.45) is 0.641. The minimum Gasteiger partial charge on any atom is -0.459 e. The molecule has 0 saturated carbocycles. The van der Waals surface area contributed by atoms with Crippen molar-refractivity contribution in [2.45, 2.75) is 26.0 Å². The minimum absolute atomic E-state index is 0.0358. The van der Waals surface area contributed by atoms with Crippen LogP contribution in [0.5, 0.6) is 0 Å². The predicted molar refractivity (Wildman–Crippen MR) is 121 cm³/mol. The van der Waals surface area contributed by atoms with Crippen LogP contribution in [0.2, 0.25) is 10.0 Å². The number of ether oxygens (including phenoxy) is 1. The highest BCUT2D eigenvalue weighted by molar-refractivity contribution is 7.90. The van der Waals surface area contributed by atoms with Crippen LogP contribution in [-0.2, 0) is 26.0 Å². The average Bonchev–Trinajstić information content (AvgIpc) is 2.97. The van der Waals surface area contributed by atoms with E-state index in [-0.39, 0.29) is 40.0 Å². The molecule has 0 radical (unpaired) electrons. The zero-order valence-electron chi connectivity index (χ0n) is 17.6. The number of carbonyl (C=O) groups excluding carboxylic acids is 4. The second kappa shape index (κ2) is 9.62. The number of esters is 1. The van der Waals surface area contributed by atoms with Gasteiger partial charge >= 0.3 is 5.97 Å². The van der Waals surface area contributed by atoms with E-state index < -0.39 is 39.4 Å². The molecule has 0 spiro atoms. The van der Waals surface area contributed by atoms with Gasteiger partial charge in [-0.15, -0.1) is 0 Å². The first-order chi connectivity index (χ1) is 15.4. The summed E-state index contributed by atoms with van der Waals surface area (Å²) in [6.45, 7) is 1.22. The molecule has 0 N–H and O–H groups in total. The van der Waals surface area contributed by atoms with Gasteiger partial charge < -0.3 is 4.74 Å². The Bertz CT molecular complexity index is 1220. The van der Waals surface area contributed by atoms with Gasteiger partial charge in [-0.3, -0.25) is 19.3 Å². The van der Waals surface area contributed by atoms with Crippen LogP contribution in [-0.4, -0.2) is 54.9 Å². The van der Waals surface area contributed by atoms with Crippen LogP contribution < -0.4 is 0 Å². The molecular formula is C22H19Cl2NO7S. The molecule has 0 bridgehead atoms. The number of hydrogen-bond donors (Lipinski definition) is 0. The average molecular weight is 512 g/mol. The third-order valence-electron chi connectivity index (χ3n) is 5.05. The second-order valence-electron chi connectivity index (χ2n) is 7.59. The van der Waals surface area contributed by atoms with Crippen LogP contribution in [0.25, 0.3) is 0 Å². The quantitative estimate of drug-likeness (QED) is 0.303. The SMILES string of the molecule is CC(=O)c1ccc(COC(=O)C(CCS(C)(=O)=O)N2C(=O)c3cc(Cl)c(Cl)cc3C2=O)cc1. The topological polar surface area (TPSA) is 115 Å². The number of Topliss-reactive ketones (excluding diaryl/α,β-unsaturated/α-hetero) is 1. The highest BCUT2D eigenvalue weighted by Crippen LogP contribution is 2.33. The maximum absolute atomic E-state index is 12.9. The first kappa shape index (κ1) is 24.9. The minimum atomic E-state index is -3.51. The van der Waals surface area contributed by atoms with Gasteiger partial charge in [0.1, 0.15) is 22.5 Å². The number of benzene rings is 2. The number of imide groups is 1. The predicted octanol–water partition coefficient (Wildman–Crippen LogP) is 3.34. The van der Waals surface area contributed by atoms with Gasteiger partial charge in [-0.1, -0.05) is 47.5 Å². The molecule has 8 nitrogen and oxygen atoms in total. The lowest BCUT2D eigenvalue weighted by atomic mass is 10.1. The lowest BCUT2D eigenvalue weighted by Gasteiger charge is -2.24. The molecule has 1 atom stereocenters. The van der Waals surface area contributed by atoms with Crippen molar-refractivity contribution in [2.24, 2.45) is 0 Å². The summed E-state index contributed by atoms with van der Waals surface area (Å²) < 4.78 is 28.7. The molecule has 0 aromatic heterocycles. The van der Waals surface area contributed by atoms with Crippen LogP contribution in [0.4, 0.5) is 0 Å². The first-order valence-corrected chi connectivity index (χ1v) is 12.5. The molecule has 0 saturated heterocycles. The number of nitrogens with zero attached hydrogens (tertiary/aromatic N) is 1. The molecule has 3 rings (SSSR count). The Labute approximate surface area is 200 Å². The van der Waals surface area contributed by atoms with Gasteiger partial charge in [0.25, 0.3) is 11.8 Å². The van der Waals surface area contributed by atoms with E-state index in [0.717, 1.165) is 6.26 Å². The highest BCUT2D eigenvalue weighted by Gasteiger charge is 2.44. The number of sulfone groups is 1. The van der Waals surface area contributed by atoms with Crippen molar-refractivity contribution >= 4 is 56.6 Å². The third kappa shape index (κ3) is 5.61. The monoisotopic (exact) mass is 511 g/mol. The van der Waals surface area contributed by atoms with E-state index in [1.807, 2.05) is 0 Å². The van der Waals surface area contributed by atoms with E-state index in [1.165, 1.54) is 19.1 Å². The number of hydrogen-bond acceptors (Lipinski definition) is 7. The van der Waals surface area contributed by atoms with Gasteiger partial charge in [-0.25, -0.2) is 13.2 Å². The van der Waals surface area contributed by atoms with Crippen molar-refractivity contribution in [3.63, 3.8) is 0 Å². The Morgan fingerprint density at radius 2 is 1.52 bits per heavy atom. The molecule has 33 heavy (non-hydrogen) atoms. The van der Waals surface area contributed by atoms with E-state index in [9.17, 15) is 27.6 Å². The second-order valence-corrected chi connectivity index (χ2v) is 10.7. The molecular weight excluding hydrogens is 493 g/mol. The Hall–Kier alpha value is -2.75. The molecule has 1 heterocycles. The fraction of sp³-hybridized carbons (Fsp3) is 0.273. The van der Waals surface area contributed by atoms with Crippen LogP contribution in [0.15, 0.2) is 36.4 Å². The van der Waals surface area contributed by atoms with E-state index >= 15 is 0 Å². The van der Waals surface area contributed by atoms with Crippen molar-refractivity contribution in [1.82, 2.24) is 4.90 Å². The maximum Gasteiger partial charge on any atom is 0.329 e. The van der Waals surface area contributed by atoms with Crippen molar-refractivity contribution in [1.29, 1.82) is 0 Å². The Kier molecular flexibility index (Phi) is 7.26. The molecule has 174 valence electrons. The van der Waals surface area contributed by atoms with E-state index in [2.05, 4.69) is 0 Å². The number of halogens is 2. The van der Waals surface area contributed by atoms with Gasteiger partial charge in [0, 0.05) is 11.8 Å². The largest absolute Gasteiger partial charge is 0.459 e. The van der Waals surface area contributed by atoms with Gasteiger partial charge in [0.15, 0.2) is 5.78 Å². The molecule has 2 aromatic rings. The summed E-state index contributed by atoms with van der Waals surface area (Å²) in [5.41, 5.74) is 0.980. The normalized spacial score (nSPS) is 14.2. The Morgan fingerprint density at radius 1 is 1.00 bits per heavy atom. The van der Waals surface area contributed by atoms with E-state index in [1.54, 1.807) is 24.3 Å². The third-order valence-corrected chi connectivity index (χ3v) is 6.75. The van der Waals surface area contributed by atoms with E-state index in [0.29, 0.717) is 16.0 Å². The van der Waals surface area contributed by atoms with Crippen molar-refractivity contribution in [2.75, 3.05) is 12.0 Å². The fourth-order valence-electron chi connectivity index (χ4n) is 3.30. The van der Waals surface area contributed by atoms with Crippen molar-refractivity contribution < 1.29 is 32.3 Å². The van der Waals surface area contributed by atoms with Crippen molar-refractivity contribution in [3.05, 3.63) is 68.7 Å². The highest BCUT2D eigenvalue weighted by atomic mass is 35.5. The first-order valence-electron chi connectivity index (χ1n) is 9.70. The van der Waals surface area contributed by atoms with Gasteiger partial charge in [-0.2, -0.15) is 0 Å². The van der Waals surface area contributed by atoms with Crippen LogP contribution in [0.3, 0.4) is 0 Å². The zero-order valence-corrected chi connectivity index (χ0v) is 20.0. The lowest BCUT2D eigenvalue weighted by Crippen LogP contribution is -2.46. The number of ketones is 1. The summed E-state index contributed by atoms with van der Waals surface area (Å²) in [5.74, 6) is -3.11. The molecule has 1 aliphatic rings. The molecule has 0 aliphatic carbocycles. The van der Waals surface area contributed by atoms with Crippen molar-refractivity contribution in [3.8, 4) is 0 Å².